The summed E-state index contributed by atoms with van der Waals surface area (Å²) in [5, 5.41) is 9.97. The van der Waals surface area contributed by atoms with Crippen LogP contribution in [0, 0.1) is 0 Å². The summed E-state index contributed by atoms with van der Waals surface area (Å²) in [6, 6.07) is 0. The first-order chi connectivity index (χ1) is 7.29. The number of rotatable bonds is 5. The van der Waals surface area contributed by atoms with Crippen LogP contribution in [0.5, 0.6) is 0 Å². The molecule has 0 aromatic heterocycles. The largest absolute Gasteiger partial charge is 0.461 e. The van der Waals surface area contributed by atoms with Gasteiger partial charge in [0.25, 0.3) is 0 Å². The number of aliphatic hydroxyl groups is 1. The van der Waals surface area contributed by atoms with E-state index in [0.717, 1.165) is 24.8 Å². The Morgan fingerprint density at radius 3 is 3.00 bits per heavy atom. The van der Waals surface area contributed by atoms with Gasteiger partial charge in [-0.2, -0.15) is 0 Å². The first-order valence-electron chi connectivity index (χ1n) is 5.18. The Labute approximate surface area is 90.7 Å². The van der Waals surface area contributed by atoms with Gasteiger partial charge in [0.2, 0.25) is 0 Å². The number of methoxy groups -OCH3 is 1. The number of aliphatic hydroxyl groups excluding tert-OH is 1. The molecule has 0 fully saturated rings. The molecule has 1 unspecified atom stereocenters. The van der Waals surface area contributed by atoms with Gasteiger partial charge in [-0.25, -0.2) is 0 Å². The van der Waals surface area contributed by atoms with Gasteiger partial charge in [0.05, 0.1) is 0 Å². The molecule has 1 rings (SSSR count). The molecule has 1 N–H and O–H groups in total. The maximum atomic E-state index is 9.97. The molecule has 0 saturated heterocycles. The maximum Gasteiger partial charge on any atom is 0.189 e. The molecule has 0 aromatic rings. The average molecular weight is 210 g/mol. The highest BCUT2D eigenvalue weighted by molar-refractivity contribution is 5.20. The van der Waals surface area contributed by atoms with Gasteiger partial charge in [0.15, 0.2) is 12.6 Å². The fourth-order valence-corrected chi connectivity index (χ4v) is 1.63. The van der Waals surface area contributed by atoms with E-state index in [2.05, 4.69) is 18.4 Å². The molecule has 1 aliphatic rings. The van der Waals surface area contributed by atoms with Gasteiger partial charge in [-0.1, -0.05) is 18.4 Å². The van der Waals surface area contributed by atoms with Crippen molar-refractivity contribution >= 4 is 0 Å². The van der Waals surface area contributed by atoms with Crippen LogP contribution in [0.4, 0.5) is 0 Å². The van der Waals surface area contributed by atoms with Crippen molar-refractivity contribution in [2.45, 2.75) is 31.8 Å². The van der Waals surface area contributed by atoms with E-state index in [1.165, 1.54) is 13.5 Å². The van der Waals surface area contributed by atoms with E-state index in [4.69, 9.17) is 9.47 Å². The van der Waals surface area contributed by atoms with Gasteiger partial charge in [0.1, 0.15) is 6.10 Å². The van der Waals surface area contributed by atoms with Crippen molar-refractivity contribution < 1.29 is 14.6 Å². The predicted octanol–water partition coefficient (Wildman–Crippen LogP) is 2.14. The van der Waals surface area contributed by atoms with Gasteiger partial charge >= 0.3 is 0 Å². The standard InChI is InChI=1S/C12H18O3/c1-3-11(15-9-14-2)12(13)10-7-5-4-6-8-10/h7,12-13H,1,4-6,8-9H2,2H3. The summed E-state index contributed by atoms with van der Waals surface area (Å²) in [6.45, 7) is 3.61. The molecule has 3 heteroatoms. The third-order valence-corrected chi connectivity index (χ3v) is 2.43. The predicted molar refractivity (Wildman–Crippen MR) is 58.2 cm³/mol. The number of ether oxygens (including phenoxy) is 2. The maximum absolute atomic E-state index is 9.97. The van der Waals surface area contributed by atoms with Crippen LogP contribution in [0.15, 0.2) is 29.7 Å². The second-order valence-corrected chi connectivity index (χ2v) is 3.52. The van der Waals surface area contributed by atoms with Gasteiger partial charge < -0.3 is 14.6 Å². The fraction of sp³-hybridized carbons (Fsp3) is 0.583. The summed E-state index contributed by atoms with van der Waals surface area (Å²) >= 11 is 0. The molecule has 0 spiro atoms. The Balaban J connectivity index is 2.60. The first-order valence-corrected chi connectivity index (χ1v) is 5.18. The van der Waals surface area contributed by atoms with Crippen molar-refractivity contribution in [1.29, 1.82) is 0 Å². The van der Waals surface area contributed by atoms with E-state index in [1.54, 1.807) is 0 Å². The normalized spacial score (nSPS) is 17.6. The van der Waals surface area contributed by atoms with Crippen molar-refractivity contribution in [3.8, 4) is 0 Å². The van der Waals surface area contributed by atoms with E-state index < -0.39 is 6.10 Å². The van der Waals surface area contributed by atoms with Crippen LogP contribution < -0.4 is 0 Å². The Hall–Kier alpha value is -1.02. The van der Waals surface area contributed by atoms with Gasteiger partial charge in [-0.3, -0.25) is 0 Å². The lowest BCUT2D eigenvalue weighted by atomic mass is 9.95. The second kappa shape index (κ2) is 6.46. The zero-order valence-corrected chi connectivity index (χ0v) is 9.16. The molecule has 0 aromatic carbocycles. The first kappa shape index (κ1) is 12.1. The van der Waals surface area contributed by atoms with Crippen molar-refractivity contribution in [1.82, 2.24) is 0 Å². The third kappa shape index (κ3) is 3.56. The van der Waals surface area contributed by atoms with Crippen LogP contribution in [-0.2, 0) is 9.47 Å². The summed E-state index contributed by atoms with van der Waals surface area (Å²) in [7, 11) is 1.53. The molecule has 0 amide bonds. The molecular weight excluding hydrogens is 192 g/mol. The molecule has 0 heterocycles. The van der Waals surface area contributed by atoms with Crippen LogP contribution in [0.3, 0.4) is 0 Å². The van der Waals surface area contributed by atoms with Crippen LogP contribution in [-0.4, -0.2) is 25.1 Å². The van der Waals surface area contributed by atoms with Crippen LogP contribution in [0.1, 0.15) is 25.7 Å². The Morgan fingerprint density at radius 2 is 2.47 bits per heavy atom. The lowest BCUT2D eigenvalue weighted by Crippen LogP contribution is -2.17. The minimum atomic E-state index is -0.710. The van der Waals surface area contributed by atoms with E-state index in [9.17, 15) is 5.11 Å². The average Bonchev–Trinajstić information content (AvgIpc) is 2.31. The number of hydrogen-bond donors (Lipinski definition) is 1. The lowest BCUT2D eigenvalue weighted by molar-refractivity contribution is -0.0141. The fourth-order valence-electron chi connectivity index (χ4n) is 1.63. The van der Waals surface area contributed by atoms with E-state index in [1.807, 2.05) is 0 Å². The lowest BCUT2D eigenvalue weighted by Gasteiger charge is -2.19. The smallest absolute Gasteiger partial charge is 0.189 e. The second-order valence-electron chi connectivity index (χ2n) is 3.52. The van der Waals surface area contributed by atoms with Crippen molar-refractivity contribution in [3.05, 3.63) is 29.7 Å². The summed E-state index contributed by atoms with van der Waals surface area (Å²) in [5.74, 6) is 0.352. The number of hydrogen-bond acceptors (Lipinski definition) is 3. The van der Waals surface area contributed by atoms with Gasteiger partial charge in [0, 0.05) is 7.11 Å². The molecule has 0 saturated carbocycles. The molecule has 15 heavy (non-hydrogen) atoms. The summed E-state index contributed by atoms with van der Waals surface area (Å²) in [5.41, 5.74) is 3.61. The molecule has 84 valence electrons. The molecule has 0 radical (unpaired) electrons. The van der Waals surface area contributed by atoms with Crippen LogP contribution >= 0.6 is 0 Å². The minimum Gasteiger partial charge on any atom is -0.461 e. The monoisotopic (exact) mass is 210 g/mol. The van der Waals surface area contributed by atoms with Crippen molar-refractivity contribution in [2.75, 3.05) is 13.9 Å². The Morgan fingerprint density at radius 1 is 1.67 bits per heavy atom. The summed E-state index contributed by atoms with van der Waals surface area (Å²) in [6.07, 6.45) is 5.63. The summed E-state index contributed by atoms with van der Waals surface area (Å²) in [4.78, 5) is 0. The highest BCUT2D eigenvalue weighted by Gasteiger charge is 2.18. The molecule has 3 nitrogen and oxygen atoms in total. The highest BCUT2D eigenvalue weighted by atomic mass is 16.7. The van der Waals surface area contributed by atoms with Crippen LogP contribution in [0.25, 0.3) is 0 Å². The van der Waals surface area contributed by atoms with E-state index >= 15 is 0 Å². The van der Waals surface area contributed by atoms with E-state index in [0.29, 0.717) is 5.76 Å². The molecule has 0 aliphatic heterocycles. The Kier molecular flexibility index (Phi) is 5.19. The minimum absolute atomic E-state index is 0.113. The third-order valence-electron chi connectivity index (χ3n) is 2.43. The quantitative estimate of drug-likeness (QED) is 0.327. The molecule has 0 bridgehead atoms. The van der Waals surface area contributed by atoms with Crippen molar-refractivity contribution in [2.24, 2.45) is 0 Å². The Bertz CT molecular complexity index is 275. The van der Waals surface area contributed by atoms with Crippen molar-refractivity contribution in [3.63, 3.8) is 0 Å². The molecular formula is C12H18O3. The topological polar surface area (TPSA) is 38.7 Å². The zero-order valence-electron chi connectivity index (χ0n) is 9.16. The zero-order chi connectivity index (χ0) is 11.1. The molecule has 1 atom stereocenters. The van der Waals surface area contributed by atoms with Gasteiger partial charge in [-0.15, -0.1) is 0 Å². The highest BCUT2D eigenvalue weighted by Crippen LogP contribution is 2.23. The van der Waals surface area contributed by atoms with Crippen LogP contribution in [0.2, 0.25) is 0 Å². The van der Waals surface area contributed by atoms with Gasteiger partial charge in [-0.05, 0) is 31.3 Å². The number of allylic oxidation sites excluding steroid dienone is 1. The van der Waals surface area contributed by atoms with E-state index in [-0.39, 0.29) is 6.79 Å². The summed E-state index contributed by atoms with van der Waals surface area (Å²) < 4.78 is 9.96. The SMILES string of the molecule is C=C=C(OCOC)C(O)C1=CCCCC1. The molecule has 1 aliphatic carbocycles.